The molecule has 2 N–H and O–H groups in total. The first-order valence-electron chi connectivity index (χ1n) is 2.78. The van der Waals surface area contributed by atoms with Crippen molar-refractivity contribution in [3.05, 3.63) is 0 Å². The Balaban J connectivity index is 3.56. The molecule has 0 heterocycles. The van der Waals surface area contributed by atoms with Crippen LogP contribution in [0.1, 0.15) is 0 Å². The van der Waals surface area contributed by atoms with Crippen LogP contribution in [-0.4, -0.2) is 30.1 Å². The first-order valence-corrected chi connectivity index (χ1v) is 2.78. The van der Waals surface area contributed by atoms with Gasteiger partial charge in [-0.25, -0.2) is 8.78 Å². The first-order chi connectivity index (χ1) is 5.07. The fraction of sp³-hybridized carbons (Fsp3) is 0.500. The van der Waals surface area contributed by atoms with Crippen LogP contribution in [0, 0.1) is 12.3 Å². The quantitative estimate of drug-likeness (QED) is 0.544. The van der Waals surface area contributed by atoms with Crippen LogP contribution in [0.5, 0.6) is 0 Å². The number of aliphatic hydroxyl groups is 1. The van der Waals surface area contributed by atoms with Gasteiger partial charge in [0.1, 0.15) is 6.10 Å². The van der Waals surface area contributed by atoms with E-state index in [4.69, 9.17) is 5.11 Å². The van der Waals surface area contributed by atoms with Gasteiger partial charge >= 0.3 is 0 Å². The summed E-state index contributed by atoms with van der Waals surface area (Å²) in [7, 11) is 0. The van der Waals surface area contributed by atoms with Crippen LogP contribution in [0.4, 0.5) is 8.78 Å². The van der Waals surface area contributed by atoms with Crippen LogP contribution >= 0.6 is 0 Å². The van der Waals surface area contributed by atoms with Gasteiger partial charge in [0.2, 0.25) is 0 Å². The van der Waals surface area contributed by atoms with E-state index in [1.807, 2.05) is 5.32 Å². The highest BCUT2D eigenvalue weighted by molar-refractivity contribution is 5.92. The number of carbonyl (C=O) groups is 1. The SMILES string of the molecule is C#CC(=O)NCC(O)C(F)F. The monoisotopic (exact) mass is 163 g/mol. The third kappa shape index (κ3) is 4.28. The Bertz CT molecular complexity index is 176. The Morgan fingerprint density at radius 2 is 2.27 bits per heavy atom. The zero-order valence-electron chi connectivity index (χ0n) is 5.55. The molecule has 1 atom stereocenters. The Morgan fingerprint density at radius 3 is 2.64 bits per heavy atom. The molecule has 62 valence electrons. The van der Waals surface area contributed by atoms with Crippen LogP contribution < -0.4 is 5.32 Å². The van der Waals surface area contributed by atoms with E-state index in [1.165, 1.54) is 0 Å². The smallest absolute Gasteiger partial charge is 0.295 e. The summed E-state index contributed by atoms with van der Waals surface area (Å²) in [6.07, 6.45) is -0.119. The molecule has 0 saturated carbocycles. The second kappa shape index (κ2) is 4.63. The molecule has 0 aliphatic rings. The number of aliphatic hydroxyl groups excluding tert-OH is 1. The predicted octanol–water partition coefficient (Wildman–Crippen LogP) is -0.638. The topological polar surface area (TPSA) is 49.3 Å². The largest absolute Gasteiger partial charge is 0.385 e. The second-order valence-electron chi connectivity index (χ2n) is 1.76. The number of nitrogens with one attached hydrogen (secondary N) is 1. The number of terminal acetylenes is 1. The Hall–Kier alpha value is -1.15. The van der Waals surface area contributed by atoms with Crippen molar-refractivity contribution in [3.63, 3.8) is 0 Å². The standard InChI is InChI=1S/C6H7F2NO2/c1-2-5(11)9-3-4(10)6(7)8/h1,4,6,10H,3H2,(H,9,11). The van der Waals surface area contributed by atoms with Crippen LogP contribution in [0.2, 0.25) is 0 Å². The van der Waals surface area contributed by atoms with Crippen molar-refractivity contribution in [2.24, 2.45) is 0 Å². The molecule has 0 aromatic rings. The molecule has 5 heteroatoms. The number of amides is 1. The van der Waals surface area contributed by atoms with Gasteiger partial charge < -0.3 is 10.4 Å². The van der Waals surface area contributed by atoms with Crippen LogP contribution in [-0.2, 0) is 4.79 Å². The molecule has 0 fully saturated rings. The molecule has 1 amide bonds. The maximum Gasteiger partial charge on any atom is 0.295 e. The highest BCUT2D eigenvalue weighted by Gasteiger charge is 2.16. The van der Waals surface area contributed by atoms with E-state index in [2.05, 4.69) is 6.42 Å². The number of hydrogen-bond donors (Lipinski definition) is 2. The maximum atomic E-state index is 11.5. The number of hydrogen-bond acceptors (Lipinski definition) is 2. The Labute approximate surface area is 62.4 Å². The highest BCUT2D eigenvalue weighted by Crippen LogP contribution is 1.97. The van der Waals surface area contributed by atoms with Gasteiger partial charge in [0.25, 0.3) is 12.3 Å². The number of carbonyl (C=O) groups excluding carboxylic acids is 1. The van der Waals surface area contributed by atoms with Crippen LogP contribution in [0.3, 0.4) is 0 Å². The molecule has 0 rings (SSSR count). The number of alkyl halides is 2. The molecule has 11 heavy (non-hydrogen) atoms. The average Bonchev–Trinajstić information content (AvgIpc) is 1.99. The van der Waals surface area contributed by atoms with Crippen molar-refractivity contribution in [3.8, 4) is 12.3 Å². The van der Waals surface area contributed by atoms with Gasteiger partial charge in [0.05, 0.1) is 6.54 Å². The van der Waals surface area contributed by atoms with E-state index in [-0.39, 0.29) is 0 Å². The summed E-state index contributed by atoms with van der Waals surface area (Å²) >= 11 is 0. The lowest BCUT2D eigenvalue weighted by atomic mass is 10.3. The highest BCUT2D eigenvalue weighted by atomic mass is 19.3. The molecule has 0 bridgehead atoms. The molecule has 1 unspecified atom stereocenters. The normalized spacial score (nSPS) is 12.3. The van der Waals surface area contributed by atoms with Gasteiger partial charge in [-0.3, -0.25) is 4.79 Å². The lowest BCUT2D eigenvalue weighted by Crippen LogP contribution is -2.35. The summed E-state index contributed by atoms with van der Waals surface area (Å²) in [4.78, 5) is 10.2. The molecule has 0 aromatic carbocycles. The van der Waals surface area contributed by atoms with Gasteiger partial charge in [-0.1, -0.05) is 0 Å². The lowest BCUT2D eigenvalue weighted by molar-refractivity contribution is -0.116. The van der Waals surface area contributed by atoms with Gasteiger partial charge in [-0.05, 0) is 5.92 Å². The fourth-order valence-corrected chi connectivity index (χ4v) is 0.337. The Kier molecular flexibility index (Phi) is 4.15. The number of halogens is 2. The summed E-state index contributed by atoms with van der Waals surface area (Å²) < 4.78 is 23.1. The minimum atomic E-state index is -2.87. The average molecular weight is 163 g/mol. The van der Waals surface area contributed by atoms with E-state index in [0.29, 0.717) is 0 Å². The van der Waals surface area contributed by atoms with Crippen LogP contribution in [0.25, 0.3) is 0 Å². The van der Waals surface area contributed by atoms with Gasteiger partial charge in [0, 0.05) is 0 Å². The van der Waals surface area contributed by atoms with E-state index in [1.54, 1.807) is 5.92 Å². The third-order valence-electron chi connectivity index (χ3n) is 0.894. The number of rotatable bonds is 3. The zero-order chi connectivity index (χ0) is 8.85. The Morgan fingerprint density at radius 1 is 1.73 bits per heavy atom. The van der Waals surface area contributed by atoms with Crippen molar-refractivity contribution >= 4 is 5.91 Å². The molecule has 0 saturated heterocycles. The van der Waals surface area contributed by atoms with Crippen molar-refractivity contribution in [2.45, 2.75) is 12.5 Å². The molecule has 0 aromatic heterocycles. The van der Waals surface area contributed by atoms with E-state index < -0.39 is 25.0 Å². The van der Waals surface area contributed by atoms with Gasteiger partial charge in [0.15, 0.2) is 0 Å². The van der Waals surface area contributed by atoms with Crippen molar-refractivity contribution < 1.29 is 18.7 Å². The van der Waals surface area contributed by atoms with Gasteiger partial charge in [-0.15, -0.1) is 6.42 Å². The van der Waals surface area contributed by atoms with Crippen molar-refractivity contribution in [2.75, 3.05) is 6.54 Å². The fourth-order valence-electron chi connectivity index (χ4n) is 0.337. The van der Waals surface area contributed by atoms with Crippen LogP contribution in [0.15, 0.2) is 0 Å². The minimum absolute atomic E-state index is 0.527. The molecule has 0 aliphatic carbocycles. The molecule has 3 nitrogen and oxygen atoms in total. The summed E-state index contributed by atoms with van der Waals surface area (Å²) in [5.74, 6) is 0.838. The second-order valence-corrected chi connectivity index (χ2v) is 1.76. The predicted molar refractivity (Wildman–Crippen MR) is 33.9 cm³/mol. The van der Waals surface area contributed by atoms with Crippen molar-refractivity contribution in [1.82, 2.24) is 5.32 Å². The molecular formula is C6H7F2NO2. The minimum Gasteiger partial charge on any atom is -0.385 e. The van der Waals surface area contributed by atoms with Crippen molar-refractivity contribution in [1.29, 1.82) is 0 Å². The maximum absolute atomic E-state index is 11.5. The summed E-state index contributed by atoms with van der Waals surface area (Å²) in [6.45, 7) is -0.527. The van der Waals surface area contributed by atoms with E-state index in [0.717, 1.165) is 0 Å². The van der Waals surface area contributed by atoms with E-state index >= 15 is 0 Å². The summed E-state index contributed by atoms with van der Waals surface area (Å²) in [5.41, 5.74) is 0. The lowest BCUT2D eigenvalue weighted by Gasteiger charge is -2.07. The molecule has 0 radical (unpaired) electrons. The first kappa shape index (κ1) is 9.85. The molecular weight excluding hydrogens is 156 g/mol. The molecule has 0 spiro atoms. The molecule has 0 aliphatic heterocycles. The van der Waals surface area contributed by atoms with E-state index in [9.17, 15) is 13.6 Å². The summed E-state index contributed by atoms with van der Waals surface area (Å²) in [5, 5.41) is 10.3. The zero-order valence-corrected chi connectivity index (χ0v) is 5.55. The summed E-state index contributed by atoms with van der Waals surface area (Å²) in [6, 6.07) is 0. The third-order valence-corrected chi connectivity index (χ3v) is 0.894. The van der Waals surface area contributed by atoms with Gasteiger partial charge in [-0.2, -0.15) is 0 Å².